The van der Waals surface area contributed by atoms with Crippen LogP contribution in [0.1, 0.15) is 37.9 Å². The zero-order chi connectivity index (χ0) is 41.9. The molecule has 0 unspecified atom stereocenters. The fourth-order valence-electron chi connectivity index (χ4n) is 5.12. The molecule has 15 N–H and O–H groups in total. The van der Waals surface area contributed by atoms with E-state index in [4.69, 9.17) is 16.6 Å². The number of aliphatic hydroxyl groups excluding tert-OH is 3. The lowest BCUT2D eigenvalue weighted by Crippen LogP contribution is -2.61. The zero-order valence-corrected chi connectivity index (χ0v) is 30.8. The van der Waals surface area contributed by atoms with Crippen molar-refractivity contribution in [2.75, 3.05) is 19.8 Å². The van der Waals surface area contributed by atoms with Gasteiger partial charge >= 0.3 is 5.97 Å². The summed E-state index contributed by atoms with van der Waals surface area (Å²) < 4.78 is 0. The first-order valence-electron chi connectivity index (χ1n) is 17.4. The summed E-state index contributed by atoms with van der Waals surface area (Å²) in [5.74, 6) is -8.67. The summed E-state index contributed by atoms with van der Waals surface area (Å²) in [6.45, 7) is 0.742. The van der Waals surface area contributed by atoms with Gasteiger partial charge in [-0.2, -0.15) is 0 Å². The lowest BCUT2D eigenvalue weighted by atomic mass is 10.0. The van der Waals surface area contributed by atoms with Gasteiger partial charge in [0.05, 0.1) is 38.6 Å². The summed E-state index contributed by atoms with van der Waals surface area (Å²) in [6, 6.07) is -2.57. The molecule has 0 radical (unpaired) electrons. The van der Waals surface area contributed by atoms with Gasteiger partial charge in [-0.3, -0.25) is 33.6 Å². The molecule has 0 aliphatic heterocycles. The number of nitrogens with two attached hydrogens (primary N) is 2. The van der Waals surface area contributed by atoms with E-state index in [0.717, 1.165) is 0 Å². The van der Waals surface area contributed by atoms with Gasteiger partial charge < -0.3 is 68.8 Å². The van der Waals surface area contributed by atoms with Gasteiger partial charge in [0.25, 0.3) is 0 Å². The number of hydrogen-bond donors (Lipinski definition) is 13. The number of amides is 7. The number of benzene rings is 1. The predicted octanol–water partition coefficient (Wildman–Crippen LogP) is -5.59. The lowest BCUT2D eigenvalue weighted by molar-refractivity contribution is -0.143. The third-order valence-electron chi connectivity index (χ3n) is 8.06. The van der Waals surface area contributed by atoms with Crippen molar-refractivity contribution in [2.45, 2.75) is 81.8 Å². The van der Waals surface area contributed by atoms with E-state index in [1.807, 2.05) is 19.2 Å². The van der Waals surface area contributed by atoms with Gasteiger partial charge in [0.1, 0.15) is 36.3 Å². The molecule has 0 saturated heterocycles. The number of H-pyrrole nitrogens is 1. The van der Waals surface area contributed by atoms with Crippen LogP contribution in [-0.2, 0) is 51.2 Å². The molecule has 7 atom stereocenters. The molecule has 0 spiro atoms. The molecule has 0 aliphatic carbocycles. The third-order valence-corrected chi connectivity index (χ3v) is 8.06. The standard InChI is InChI=1S/C34H50N10O12/c1-17(2)8-20(35)28(49)42-24(13-45)32(53)41-23(11-27(36)48)31(52)39-21(9-18-6-4-3-5-7-18)29(50)40-22(10-19-12-37-16-38-19)30(51)43-25(14-46)33(54)44-26(15-47)34(55)56/h3-7,12,16-17,20-26,45-47H,8-11,13-15,35H2,1-2H3,(H2,36,48)(H,37,38)(H,39,52)(H,40,50)(H,41,53)(H,42,49)(H,43,51)(H,44,54)(H,55,56)/t20-,21-,22-,23-,24-,25-,26-/m0/s1. The number of aliphatic hydroxyl groups is 3. The molecule has 56 heavy (non-hydrogen) atoms. The molecule has 0 bridgehead atoms. The molecule has 2 rings (SSSR count). The summed E-state index contributed by atoms with van der Waals surface area (Å²) >= 11 is 0. The van der Waals surface area contributed by atoms with Crippen molar-refractivity contribution in [1.82, 2.24) is 41.9 Å². The minimum atomic E-state index is -1.75. The Labute approximate surface area is 320 Å². The normalized spacial score (nSPS) is 14.8. The first-order chi connectivity index (χ1) is 26.5. The summed E-state index contributed by atoms with van der Waals surface area (Å²) in [5.41, 5.74) is 12.1. The molecular formula is C34H50N10O12. The van der Waals surface area contributed by atoms with Gasteiger partial charge in [-0.1, -0.05) is 44.2 Å². The maximum atomic E-state index is 13.9. The van der Waals surface area contributed by atoms with Crippen molar-refractivity contribution >= 4 is 47.3 Å². The number of rotatable bonds is 24. The number of nitrogens with one attached hydrogen (secondary N) is 7. The molecule has 1 heterocycles. The van der Waals surface area contributed by atoms with Crippen LogP contribution in [0.5, 0.6) is 0 Å². The van der Waals surface area contributed by atoms with Crippen LogP contribution in [0, 0.1) is 5.92 Å². The van der Waals surface area contributed by atoms with Gasteiger partial charge in [-0.05, 0) is 17.9 Å². The van der Waals surface area contributed by atoms with E-state index in [9.17, 15) is 53.7 Å². The number of hydrogen-bond acceptors (Lipinski definition) is 13. The number of imidazole rings is 1. The monoisotopic (exact) mass is 790 g/mol. The molecule has 22 nitrogen and oxygen atoms in total. The van der Waals surface area contributed by atoms with Crippen LogP contribution in [0.4, 0.5) is 0 Å². The van der Waals surface area contributed by atoms with Crippen molar-refractivity contribution in [1.29, 1.82) is 0 Å². The van der Waals surface area contributed by atoms with Gasteiger partial charge in [0.15, 0.2) is 0 Å². The number of carboxylic acids is 1. The fraction of sp³-hybridized carbons (Fsp3) is 0.500. The predicted molar refractivity (Wildman–Crippen MR) is 194 cm³/mol. The second-order valence-corrected chi connectivity index (χ2v) is 13.1. The van der Waals surface area contributed by atoms with E-state index in [0.29, 0.717) is 11.3 Å². The van der Waals surface area contributed by atoms with Crippen LogP contribution in [0.3, 0.4) is 0 Å². The number of primary amides is 1. The minimum Gasteiger partial charge on any atom is -0.480 e. The minimum absolute atomic E-state index is 0.0341. The Morgan fingerprint density at radius 2 is 1.11 bits per heavy atom. The topological polar surface area (TPSA) is 370 Å². The maximum absolute atomic E-state index is 13.9. The van der Waals surface area contributed by atoms with Crippen molar-refractivity contribution in [3.05, 3.63) is 54.1 Å². The van der Waals surface area contributed by atoms with E-state index in [1.165, 1.54) is 12.5 Å². The Kier molecular flexibility index (Phi) is 19.0. The zero-order valence-electron chi connectivity index (χ0n) is 30.8. The van der Waals surface area contributed by atoms with Gasteiger partial charge in [-0.15, -0.1) is 0 Å². The molecule has 2 aromatic rings. The Morgan fingerprint density at radius 1 is 0.661 bits per heavy atom. The van der Waals surface area contributed by atoms with E-state index >= 15 is 0 Å². The third kappa shape index (κ3) is 15.4. The highest BCUT2D eigenvalue weighted by Gasteiger charge is 2.34. The molecule has 1 aromatic carbocycles. The first kappa shape index (κ1) is 46.2. The highest BCUT2D eigenvalue weighted by atomic mass is 16.4. The number of aromatic nitrogens is 2. The molecule has 308 valence electrons. The number of aromatic amines is 1. The van der Waals surface area contributed by atoms with Crippen molar-refractivity contribution in [3.8, 4) is 0 Å². The Balaban J connectivity index is 2.37. The smallest absolute Gasteiger partial charge is 0.328 e. The summed E-state index contributed by atoms with van der Waals surface area (Å²) in [7, 11) is 0. The van der Waals surface area contributed by atoms with Crippen LogP contribution >= 0.6 is 0 Å². The number of carbonyl (C=O) groups excluding carboxylic acids is 7. The van der Waals surface area contributed by atoms with Crippen LogP contribution in [0.25, 0.3) is 0 Å². The number of carbonyl (C=O) groups is 8. The average Bonchev–Trinajstić information content (AvgIpc) is 3.66. The van der Waals surface area contributed by atoms with Crippen LogP contribution in [0.15, 0.2) is 42.9 Å². The molecule has 0 saturated carbocycles. The second-order valence-electron chi connectivity index (χ2n) is 13.1. The summed E-state index contributed by atoms with van der Waals surface area (Å²) in [5, 5.41) is 51.7. The summed E-state index contributed by atoms with van der Waals surface area (Å²) in [4.78, 5) is 109. The Morgan fingerprint density at radius 3 is 1.57 bits per heavy atom. The van der Waals surface area contributed by atoms with Crippen LogP contribution in [-0.4, -0.2) is 140 Å². The lowest BCUT2D eigenvalue weighted by Gasteiger charge is -2.27. The quantitative estimate of drug-likeness (QED) is 0.0472. The van der Waals surface area contributed by atoms with Crippen molar-refractivity contribution in [3.63, 3.8) is 0 Å². The van der Waals surface area contributed by atoms with E-state index < -0.39 is 116 Å². The Hall–Kier alpha value is -5.97. The largest absolute Gasteiger partial charge is 0.480 e. The molecule has 22 heteroatoms. The number of aliphatic carboxylic acids is 1. The van der Waals surface area contributed by atoms with E-state index in [1.54, 1.807) is 30.3 Å². The van der Waals surface area contributed by atoms with Gasteiger partial charge in [0.2, 0.25) is 41.4 Å². The van der Waals surface area contributed by atoms with Crippen LogP contribution < -0.4 is 43.4 Å². The van der Waals surface area contributed by atoms with Crippen molar-refractivity contribution < 1.29 is 58.8 Å². The molecule has 7 amide bonds. The van der Waals surface area contributed by atoms with Crippen molar-refractivity contribution in [2.24, 2.45) is 17.4 Å². The molecule has 1 aromatic heterocycles. The average molecular weight is 791 g/mol. The summed E-state index contributed by atoms with van der Waals surface area (Å²) in [6.07, 6.45) is 1.65. The van der Waals surface area contributed by atoms with E-state index in [-0.39, 0.29) is 25.2 Å². The Bertz CT molecular complexity index is 1640. The molecule has 0 fully saturated rings. The number of nitrogens with zero attached hydrogens (tertiary/aromatic N) is 1. The second kappa shape index (κ2) is 23.1. The highest BCUT2D eigenvalue weighted by molar-refractivity contribution is 5.98. The molecular weight excluding hydrogens is 740 g/mol. The molecule has 0 aliphatic rings. The van der Waals surface area contributed by atoms with Crippen LogP contribution in [0.2, 0.25) is 0 Å². The highest BCUT2D eigenvalue weighted by Crippen LogP contribution is 2.08. The maximum Gasteiger partial charge on any atom is 0.328 e. The van der Waals surface area contributed by atoms with Gasteiger partial charge in [0, 0.05) is 24.7 Å². The van der Waals surface area contributed by atoms with Gasteiger partial charge in [-0.25, -0.2) is 9.78 Å². The number of carboxylic acid groups (broad SMARTS) is 1. The first-order valence-corrected chi connectivity index (χ1v) is 17.4. The van der Waals surface area contributed by atoms with E-state index in [2.05, 4.69) is 36.6 Å². The SMILES string of the molecule is CC(C)C[C@H](N)C(=O)N[C@@H](CO)C(=O)N[C@@H](CC(N)=O)C(=O)N[C@@H](Cc1ccccc1)C(=O)N[C@@H](Cc1cnc[nH]1)C(=O)N[C@@H](CO)C(=O)N[C@@H](CO)C(=O)O. The fourth-order valence-corrected chi connectivity index (χ4v) is 5.12.